The molecule has 20 heavy (non-hydrogen) atoms. The van der Waals surface area contributed by atoms with Gasteiger partial charge in [-0.3, -0.25) is 4.90 Å². The molecule has 4 nitrogen and oxygen atoms in total. The predicted molar refractivity (Wildman–Crippen MR) is 76.4 cm³/mol. The molecule has 0 bridgehead atoms. The van der Waals surface area contributed by atoms with Gasteiger partial charge in [-0.05, 0) is 19.4 Å². The molecule has 1 unspecified atom stereocenters. The first kappa shape index (κ1) is 16.9. The number of phenolic OH excluding ortho intramolecular Hbond substituents is 1. The van der Waals surface area contributed by atoms with E-state index in [4.69, 9.17) is 9.47 Å². The number of halogens is 1. The lowest BCUT2D eigenvalue weighted by Gasteiger charge is -2.29. The second-order valence-corrected chi connectivity index (χ2v) is 4.76. The number of rotatable bonds is 9. The average molecular weight is 285 g/mol. The third-order valence-electron chi connectivity index (χ3n) is 3.36. The van der Waals surface area contributed by atoms with E-state index in [1.807, 2.05) is 6.92 Å². The second kappa shape index (κ2) is 8.89. The topological polar surface area (TPSA) is 41.9 Å². The Labute approximate surface area is 120 Å². The molecule has 1 aromatic carbocycles. The maximum absolute atomic E-state index is 13.9. The molecule has 0 saturated heterocycles. The van der Waals surface area contributed by atoms with Gasteiger partial charge in [-0.1, -0.05) is 6.07 Å². The number of hydrogen-bond acceptors (Lipinski definition) is 4. The Morgan fingerprint density at radius 2 is 1.90 bits per heavy atom. The molecule has 0 amide bonds. The Morgan fingerprint density at radius 3 is 2.50 bits per heavy atom. The number of benzene rings is 1. The van der Waals surface area contributed by atoms with Crippen LogP contribution < -0.4 is 0 Å². The van der Waals surface area contributed by atoms with E-state index in [1.165, 1.54) is 6.07 Å². The zero-order valence-corrected chi connectivity index (χ0v) is 12.4. The van der Waals surface area contributed by atoms with E-state index in [0.717, 1.165) is 25.6 Å². The van der Waals surface area contributed by atoms with Gasteiger partial charge in [0.2, 0.25) is 0 Å². The maximum atomic E-state index is 13.9. The monoisotopic (exact) mass is 285 g/mol. The van der Waals surface area contributed by atoms with E-state index < -0.39 is 0 Å². The van der Waals surface area contributed by atoms with Gasteiger partial charge >= 0.3 is 0 Å². The molecule has 0 heterocycles. The molecule has 0 aromatic heterocycles. The number of hydrogen-bond donors (Lipinski definition) is 1. The molecule has 5 heteroatoms. The van der Waals surface area contributed by atoms with Crippen molar-refractivity contribution in [3.8, 4) is 5.75 Å². The lowest BCUT2D eigenvalue weighted by molar-refractivity contribution is 0.110. The normalized spacial score (nSPS) is 12.8. The third kappa shape index (κ3) is 5.07. The van der Waals surface area contributed by atoms with Crippen molar-refractivity contribution < 1.29 is 19.0 Å². The zero-order valence-electron chi connectivity index (χ0n) is 12.4. The lowest BCUT2D eigenvalue weighted by Crippen LogP contribution is -2.32. The number of aromatic hydroxyl groups is 1. The number of nitrogens with zero attached hydrogens (tertiary/aromatic N) is 1. The summed E-state index contributed by atoms with van der Waals surface area (Å²) < 4.78 is 24.1. The first-order chi connectivity index (χ1) is 9.60. The predicted octanol–water partition coefficient (Wildman–Crippen LogP) is 2.58. The first-order valence-electron chi connectivity index (χ1n) is 6.80. The second-order valence-electron chi connectivity index (χ2n) is 4.76. The van der Waals surface area contributed by atoms with E-state index in [0.29, 0.717) is 18.8 Å². The summed E-state index contributed by atoms with van der Waals surface area (Å²) in [5.74, 6) is -0.437. The molecule has 0 aliphatic rings. The lowest BCUT2D eigenvalue weighted by atomic mass is 10.1. The fourth-order valence-electron chi connectivity index (χ4n) is 2.17. The van der Waals surface area contributed by atoms with Crippen molar-refractivity contribution in [2.75, 3.05) is 40.5 Å². The van der Waals surface area contributed by atoms with Crippen LogP contribution in [0.1, 0.15) is 24.9 Å². The molecular weight excluding hydrogens is 261 g/mol. The van der Waals surface area contributed by atoms with Crippen LogP contribution in [0.3, 0.4) is 0 Å². The van der Waals surface area contributed by atoms with Crippen LogP contribution >= 0.6 is 0 Å². The molecule has 0 aliphatic carbocycles. The van der Waals surface area contributed by atoms with Crippen molar-refractivity contribution in [1.29, 1.82) is 0 Å². The third-order valence-corrected chi connectivity index (χ3v) is 3.36. The van der Waals surface area contributed by atoms with Gasteiger partial charge in [-0.15, -0.1) is 0 Å². The van der Waals surface area contributed by atoms with Crippen molar-refractivity contribution in [3.05, 3.63) is 29.6 Å². The Bertz CT molecular complexity index is 401. The van der Waals surface area contributed by atoms with Gasteiger partial charge in [0.1, 0.15) is 11.6 Å². The minimum atomic E-state index is -0.383. The molecule has 1 N–H and O–H groups in total. The van der Waals surface area contributed by atoms with Crippen LogP contribution in [0.2, 0.25) is 0 Å². The van der Waals surface area contributed by atoms with Crippen molar-refractivity contribution in [2.45, 2.75) is 19.4 Å². The Hall–Kier alpha value is -1.17. The minimum absolute atomic E-state index is 0.0544. The molecule has 0 spiro atoms. The molecule has 0 fully saturated rings. The van der Waals surface area contributed by atoms with E-state index in [2.05, 4.69) is 4.90 Å². The summed E-state index contributed by atoms with van der Waals surface area (Å²) in [6, 6.07) is 4.21. The van der Waals surface area contributed by atoms with Crippen LogP contribution in [-0.4, -0.2) is 50.5 Å². The van der Waals surface area contributed by atoms with Gasteiger partial charge in [-0.2, -0.15) is 0 Å². The van der Waals surface area contributed by atoms with Crippen molar-refractivity contribution in [2.24, 2.45) is 0 Å². The molecule has 114 valence electrons. The van der Waals surface area contributed by atoms with Gasteiger partial charge in [0.15, 0.2) is 0 Å². The Balaban J connectivity index is 2.76. The van der Waals surface area contributed by atoms with Gasteiger partial charge in [0.25, 0.3) is 0 Å². The van der Waals surface area contributed by atoms with Crippen LogP contribution in [-0.2, 0) is 9.47 Å². The van der Waals surface area contributed by atoms with Gasteiger partial charge in [-0.25, -0.2) is 4.39 Å². The van der Waals surface area contributed by atoms with Crippen molar-refractivity contribution in [1.82, 2.24) is 4.90 Å². The van der Waals surface area contributed by atoms with Gasteiger partial charge < -0.3 is 14.6 Å². The van der Waals surface area contributed by atoms with Gasteiger partial charge in [0.05, 0.1) is 6.61 Å². The summed E-state index contributed by atoms with van der Waals surface area (Å²) >= 11 is 0. The fourth-order valence-corrected chi connectivity index (χ4v) is 2.17. The molecule has 1 aromatic rings. The van der Waals surface area contributed by atoms with Crippen LogP contribution in [0.25, 0.3) is 0 Å². The first-order valence-corrected chi connectivity index (χ1v) is 6.80. The van der Waals surface area contributed by atoms with Crippen LogP contribution in [0.15, 0.2) is 18.2 Å². The summed E-state index contributed by atoms with van der Waals surface area (Å²) in [7, 11) is 3.32. The van der Waals surface area contributed by atoms with E-state index in [1.54, 1.807) is 20.3 Å². The van der Waals surface area contributed by atoms with E-state index >= 15 is 0 Å². The molecule has 0 radical (unpaired) electrons. The van der Waals surface area contributed by atoms with Crippen molar-refractivity contribution in [3.63, 3.8) is 0 Å². The van der Waals surface area contributed by atoms with Crippen molar-refractivity contribution >= 4 is 0 Å². The maximum Gasteiger partial charge on any atom is 0.131 e. The summed E-state index contributed by atoms with van der Waals surface area (Å²) in [5.41, 5.74) is 0.580. The highest BCUT2D eigenvalue weighted by Gasteiger charge is 2.18. The largest absolute Gasteiger partial charge is 0.508 e. The fraction of sp³-hybridized carbons (Fsp3) is 0.600. The van der Waals surface area contributed by atoms with Crippen LogP contribution in [0.4, 0.5) is 4.39 Å². The van der Waals surface area contributed by atoms with Crippen LogP contribution in [0.5, 0.6) is 5.75 Å². The summed E-state index contributed by atoms with van der Waals surface area (Å²) in [6.45, 7) is 4.75. The molecule has 0 saturated carbocycles. The number of ether oxygens (including phenoxy) is 2. The summed E-state index contributed by atoms with van der Waals surface area (Å²) in [5, 5.41) is 9.28. The van der Waals surface area contributed by atoms with Gasteiger partial charge in [0, 0.05) is 51.6 Å². The van der Waals surface area contributed by atoms with E-state index in [9.17, 15) is 9.50 Å². The average Bonchev–Trinajstić information content (AvgIpc) is 2.42. The smallest absolute Gasteiger partial charge is 0.131 e. The molecule has 1 rings (SSSR count). The Kier molecular flexibility index (Phi) is 7.51. The zero-order chi connectivity index (χ0) is 15.0. The standard InChI is InChI=1S/C15H24FNO3/c1-12(14-6-5-13(18)11-15(14)16)17(8-10-20-3)7-4-9-19-2/h5-6,11-12,18H,4,7-10H2,1-3H3. The molecular formula is C15H24FNO3. The summed E-state index contributed by atoms with van der Waals surface area (Å²) in [6.07, 6.45) is 0.879. The summed E-state index contributed by atoms with van der Waals surface area (Å²) in [4.78, 5) is 2.15. The highest BCUT2D eigenvalue weighted by molar-refractivity contribution is 5.29. The van der Waals surface area contributed by atoms with Crippen LogP contribution in [0, 0.1) is 5.82 Å². The number of phenols is 1. The highest BCUT2D eigenvalue weighted by Crippen LogP contribution is 2.25. The molecule has 0 aliphatic heterocycles. The van der Waals surface area contributed by atoms with E-state index in [-0.39, 0.29) is 17.6 Å². The Morgan fingerprint density at radius 1 is 1.20 bits per heavy atom. The SMILES string of the molecule is COCCCN(CCOC)C(C)c1ccc(O)cc1F. The number of methoxy groups -OCH3 is 2. The molecule has 1 atom stereocenters. The quantitative estimate of drug-likeness (QED) is 0.708. The minimum Gasteiger partial charge on any atom is -0.508 e. The highest BCUT2D eigenvalue weighted by atomic mass is 19.1.